The molecule has 0 fully saturated rings. The Kier molecular flexibility index (Phi) is 6.26. The molecule has 8 heteroatoms. The van der Waals surface area contributed by atoms with Gasteiger partial charge in [0.25, 0.3) is 5.91 Å². The Hall–Kier alpha value is -3.94. The molecule has 0 spiro atoms. The second-order valence-corrected chi connectivity index (χ2v) is 7.95. The number of aryl methyl sites for hydroxylation is 4. The quantitative estimate of drug-likeness (QED) is 0.424. The Morgan fingerprint density at radius 3 is 2.55 bits per heavy atom. The number of ether oxygens (including phenoxy) is 1. The van der Waals surface area contributed by atoms with Gasteiger partial charge in [-0.3, -0.25) is 9.48 Å². The molecule has 0 saturated heterocycles. The molecule has 4 aromatic rings. The standard InChI is InChI=1S/C25H25FN4O3/c1-15-8-7-9-16(2)24(15)32-14-20-18(4)33-29-23(20)25(31)27-22-12-17(3)30(28-22)13-19-10-5-6-11-21(19)26/h5-12H,13-14H2,1-4H3,(H,27,28,31). The van der Waals surface area contributed by atoms with Gasteiger partial charge < -0.3 is 14.6 Å². The molecule has 2 heterocycles. The Labute approximate surface area is 191 Å². The van der Waals surface area contributed by atoms with E-state index < -0.39 is 5.91 Å². The van der Waals surface area contributed by atoms with Crippen LogP contribution < -0.4 is 10.1 Å². The van der Waals surface area contributed by atoms with E-state index in [2.05, 4.69) is 15.6 Å². The first-order chi connectivity index (χ1) is 15.8. The lowest BCUT2D eigenvalue weighted by atomic mass is 10.1. The van der Waals surface area contributed by atoms with Crippen LogP contribution in [0.3, 0.4) is 0 Å². The number of aromatic nitrogens is 3. The monoisotopic (exact) mass is 448 g/mol. The molecule has 0 bridgehead atoms. The summed E-state index contributed by atoms with van der Waals surface area (Å²) in [6.07, 6.45) is 0. The lowest BCUT2D eigenvalue weighted by Crippen LogP contribution is -2.16. The molecule has 2 aromatic carbocycles. The number of hydrogen-bond donors (Lipinski definition) is 1. The molecule has 0 aliphatic rings. The summed E-state index contributed by atoms with van der Waals surface area (Å²) in [6.45, 7) is 7.91. The molecule has 0 saturated carbocycles. The summed E-state index contributed by atoms with van der Waals surface area (Å²) in [6, 6.07) is 14.2. The van der Waals surface area contributed by atoms with Crippen LogP contribution in [0.1, 0.15) is 44.2 Å². The SMILES string of the molecule is Cc1cccc(C)c1OCc1c(C(=O)Nc2cc(C)n(Cc3ccccc3F)n2)noc1C. The number of para-hydroxylation sites is 1. The van der Waals surface area contributed by atoms with Gasteiger partial charge in [0.15, 0.2) is 11.5 Å². The van der Waals surface area contributed by atoms with Gasteiger partial charge in [-0.2, -0.15) is 5.10 Å². The van der Waals surface area contributed by atoms with Crippen molar-refractivity contribution in [1.82, 2.24) is 14.9 Å². The van der Waals surface area contributed by atoms with Crippen LogP contribution >= 0.6 is 0 Å². The summed E-state index contributed by atoms with van der Waals surface area (Å²) in [5.41, 5.74) is 4.01. The van der Waals surface area contributed by atoms with E-state index in [4.69, 9.17) is 9.26 Å². The minimum atomic E-state index is -0.456. The van der Waals surface area contributed by atoms with Crippen LogP contribution in [0, 0.1) is 33.5 Å². The number of nitrogens with one attached hydrogen (secondary N) is 1. The zero-order chi connectivity index (χ0) is 23.5. The number of halogens is 1. The molecule has 0 unspecified atom stereocenters. The van der Waals surface area contributed by atoms with E-state index in [1.165, 1.54) is 6.07 Å². The first-order valence-corrected chi connectivity index (χ1v) is 10.6. The number of carbonyl (C=O) groups excluding carboxylic acids is 1. The molecular formula is C25H25FN4O3. The first kappa shape index (κ1) is 22.3. The fourth-order valence-corrected chi connectivity index (χ4v) is 3.61. The lowest BCUT2D eigenvalue weighted by Gasteiger charge is -2.12. The maximum Gasteiger partial charge on any atom is 0.279 e. The van der Waals surface area contributed by atoms with Crippen molar-refractivity contribution >= 4 is 11.7 Å². The third-order valence-corrected chi connectivity index (χ3v) is 5.47. The molecule has 7 nitrogen and oxygen atoms in total. The summed E-state index contributed by atoms with van der Waals surface area (Å²) in [5.74, 6) is 0.864. The van der Waals surface area contributed by atoms with Crippen molar-refractivity contribution in [1.29, 1.82) is 0 Å². The van der Waals surface area contributed by atoms with Crippen LogP contribution in [0.15, 0.2) is 53.1 Å². The van der Waals surface area contributed by atoms with Gasteiger partial charge in [-0.1, -0.05) is 41.6 Å². The van der Waals surface area contributed by atoms with E-state index in [9.17, 15) is 9.18 Å². The summed E-state index contributed by atoms with van der Waals surface area (Å²) in [7, 11) is 0. The highest BCUT2D eigenvalue weighted by Gasteiger charge is 2.22. The number of anilines is 1. The van der Waals surface area contributed by atoms with Crippen LogP contribution in [-0.2, 0) is 13.2 Å². The zero-order valence-corrected chi connectivity index (χ0v) is 19.0. The lowest BCUT2D eigenvalue weighted by molar-refractivity contribution is 0.101. The van der Waals surface area contributed by atoms with E-state index in [-0.39, 0.29) is 24.7 Å². The van der Waals surface area contributed by atoms with Crippen LogP contribution in [0.2, 0.25) is 0 Å². The number of rotatable bonds is 7. The Morgan fingerprint density at radius 1 is 1.09 bits per heavy atom. The number of benzene rings is 2. The van der Waals surface area contributed by atoms with Gasteiger partial charge in [0.05, 0.1) is 12.1 Å². The van der Waals surface area contributed by atoms with Crippen molar-refractivity contribution in [3.63, 3.8) is 0 Å². The van der Waals surface area contributed by atoms with Gasteiger partial charge in [-0.15, -0.1) is 0 Å². The van der Waals surface area contributed by atoms with Gasteiger partial charge in [0.2, 0.25) is 0 Å². The number of carbonyl (C=O) groups is 1. The maximum absolute atomic E-state index is 14.0. The molecule has 33 heavy (non-hydrogen) atoms. The predicted molar refractivity (Wildman–Crippen MR) is 122 cm³/mol. The van der Waals surface area contributed by atoms with E-state index in [1.807, 2.05) is 39.0 Å². The van der Waals surface area contributed by atoms with Crippen molar-refractivity contribution < 1.29 is 18.4 Å². The van der Waals surface area contributed by atoms with Gasteiger partial charge >= 0.3 is 0 Å². The van der Waals surface area contributed by atoms with Crippen molar-refractivity contribution in [3.8, 4) is 5.75 Å². The van der Waals surface area contributed by atoms with Gasteiger partial charge in [0.1, 0.15) is 23.9 Å². The maximum atomic E-state index is 14.0. The summed E-state index contributed by atoms with van der Waals surface area (Å²) < 4.78 is 26.9. The second-order valence-electron chi connectivity index (χ2n) is 7.95. The van der Waals surface area contributed by atoms with Crippen molar-refractivity contribution in [2.75, 3.05) is 5.32 Å². The van der Waals surface area contributed by atoms with Crippen LogP contribution in [0.5, 0.6) is 5.75 Å². The minimum Gasteiger partial charge on any atom is -0.488 e. The Bertz CT molecular complexity index is 1290. The van der Waals surface area contributed by atoms with E-state index in [0.717, 1.165) is 22.6 Å². The van der Waals surface area contributed by atoms with Crippen molar-refractivity contribution in [2.45, 2.75) is 40.8 Å². The topological polar surface area (TPSA) is 82.2 Å². The molecule has 2 aromatic heterocycles. The Morgan fingerprint density at radius 2 is 1.82 bits per heavy atom. The zero-order valence-electron chi connectivity index (χ0n) is 19.0. The minimum absolute atomic E-state index is 0.139. The predicted octanol–water partition coefficient (Wildman–Crippen LogP) is 5.12. The number of hydrogen-bond acceptors (Lipinski definition) is 5. The molecule has 1 amide bonds. The summed E-state index contributed by atoms with van der Waals surface area (Å²) in [5, 5.41) is 11.1. The number of nitrogens with zero attached hydrogens (tertiary/aromatic N) is 3. The van der Waals surface area contributed by atoms with Crippen molar-refractivity contribution in [2.24, 2.45) is 0 Å². The average molecular weight is 448 g/mol. The van der Waals surface area contributed by atoms with Crippen molar-refractivity contribution in [3.05, 3.63) is 93.8 Å². The molecule has 0 radical (unpaired) electrons. The van der Waals surface area contributed by atoms with Gasteiger partial charge in [-0.25, -0.2) is 4.39 Å². The first-order valence-electron chi connectivity index (χ1n) is 10.6. The molecule has 0 aliphatic heterocycles. The van der Waals surface area contributed by atoms with Crippen LogP contribution in [-0.4, -0.2) is 20.8 Å². The molecule has 0 atom stereocenters. The smallest absolute Gasteiger partial charge is 0.279 e. The van der Waals surface area contributed by atoms with E-state index >= 15 is 0 Å². The largest absolute Gasteiger partial charge is 0.488 e. The highest BCUT2D eigenvalue weighted by Crippen LogP contribution is 2.25. The second kappa shape index (κ2) is 9.28. The van der Waals surface area contributed by atoms with E-state index in [0.29, 0.717) is 22.7 Å². The number of amides is 1. The molecule has 4 rings (SSSR count). The summed E-state index contributed by atoms with van der Waals surface area (Å²) >= 11 is 0. The third-order valence-electron chi connectivity index (χ3n) is 5.47. The highest BCUT2D eigenvalue weighted by molar-refractivity contribution is 6.03. The van der Waals surface area contributed by atoms with Crippen LogP contribution in [0.4, 0.5) is 10.2 Å². The average Bonchev–Trinajstić information content (AvgIpc) is 3.31. The third kappa shape index (κ3) is 4.79. The molecular weight excluding hydrogens is 423 g/mol. The Balaban J connectivity index is 1.49. The molecule has 1 N–H and O–H groups in total. The fourth-order valence-electron chi connectivity index (χ4n) is 3.61. The summed E-state index contributed by atoms with van der Waals surface area (Å²) in [4.78, 5) is 12.9. The van der Waals surface area contributed by atoms with Crippen LogP contribution in [0.25, 0.3) is 0 Å². The van der Waals surface area contributed by atoms with E-state index in [1.54, 1.807) is 35.9 Å². The molecule has 170 valence electrons. The van der Waals surface area contributed by atoms with Gasteiger partial charge in [-0.05, 0) is 44.9 Å². The molecule has 0 aliphatic carbocycles. The normalized spacial score (nSPS) is 10.9. The fraction of sp³-hybridized carbons (Fsp3) is 0.240. The highest BCUT2D eigenvalue weighted by atomic mass is 19.1. The van der Waals surface area contributed by atoms with Gasteiger partial charge in [0, 0.05) is 17.3 Å².